The summed E-state index contributed by atoms with van der Waals surface area (Å²) in [6.07, 6.45) is 0. The predicted molar refractivity (Wildman–Crippen MR) is 82.4 cm³/mol. The topological polar surface area (TPSA) is 29.9 Å². The van der Waals surface area contributed by atoms with Crippen LogP contribution in [0.25, 0.3) is 0 Å². The first-order chi connectivity index (χ1) is 8.99. The van der Waals surface area contributed by atoms with Gasteiger partial charge >= 0.3 is 0 Å². The van der Waals surface area contributed by atoms with Crippen molar-refractivity contribution in [2.24, 2.45) is 7.05 Å². The first-order valence-electron chi connectivity index (χ1n) is 6.16. The van der Waals surface area contributed by atoms with Gasteiger partial charge in [0.25, 0.3) is 0 Å². The van der Waals surface area contributed by atoms with Crippen molar-refractivity contribution >= 4 is 27.5 Å². The van der Waals surface area contributed by atoms with E-state index in [1.165, 1.54) is 5.56 Å². The van der Waals surface area contributed by atoms with Gasteiger partial charge in [0.15, 0.2) is 0 Å². The quantitative estimate of drug-likeness (QED) is 0.910. The maximum absolute atomic E-state index is 6.23. The Morgan fingerprint density at radius 2 is 2.00 bits per heavy atom. The Bertz CT molecular complexity index is 563. The molecule has 3 nitrogen and oxygen atoms in total. The van der Waals surface area contributed by atoms with E-state index in [2.05, 4.69) is 57.5 Å². The summed E-state index contributed by atoms with van der Waals surface area (Å²) in [6.45, 7) is 4.76. The molecule has 0 bridgehead atoms. The van der Waals surface area contributed by atoms with E-state index < -0.39 is 0 Å². The van der Waals surface area contributed by atoms with Crippen LogP contribution in [0.4, 0.5) is 0 Å². The Morgan fingerprint density at radius 3 is 2.53 bits per heavy atom. The summed E-state index contributed by atoms with van der Waals surface area (Å²) in [6, 6.07) is 8.58. The lowest BCUT2D eigenvalue weighted by molar-refractivity contribution is 0.548. The Kier molecular flexibility index (Phi) is 4.66. The summed E-state index contributed by atoms with van der Waals surface area (Å²) in [4.78, 5) is 0. The number of hydrogen-bond acceptors (Lipinski definition) is 2. The highest BCUT2D eigenvalue weighted by atomic mass is 79.9. The van der Waals surface area contributed by atoms with E-state index in [1.807, 2.05) is 18.7 Å². The zero-order valence-corrected chi connectivity index (χ0v) is 13.6. The third kappa shape index (κ3) is 3.38. The van der Waals surface area contributed by atoms with E-state index >= 15 is 0 Å². The fourth-order valence-electron chi connectivity index (χ4n) is 1.99. The number of hydrogen-bond donors (Lipinski definition) is 1. The molecular weight excluding hydrogens is 326 g/mol. The number of nitrogens with zero attached hydrogens (tertiary/aromatic N) is 2. The lowest BCUT2D eigenvalue weighted by atomic mass is 10.1. The van der Waals surface area contributed by atoms with Crippen molar-refractivity contribution in [2.75, 3.05) is 0 Å². The van der Waals surface area contributed by atoms with Crippen LogP contribution in [-0.4, -0.2) is 9.78 Å². The van der Waals surface area contributed by atoms with Crippen LogP contribution >= 0.6 is 27.5 Å². The third-order valence-electron chi connectivity index (χ3n) is 3.21. The lowest BCUT2D eigenvalue weighted by Gasteiger charge is -2.14. The molecule has 5 heteroatoms. The largest absolute Gasteiger partial charge is 0.305 e. The highest BCUT2D eigenvalue weighted by Crippen LogP contribution is 2.21. The Hall–Kier alpha value is -0.840. The predicted octanol–water partition coefficient (Wildman–Crippen LogP) is 4.00. The van der Waals surface area contributed by atoms with Crippen LogP contribution in [0.5, 0.6) is 0 Å². The van der Waals surface area contributed by atoms with Crippen molar-refractivity contribution in [3.63, 3.8) is 0 Å². The zero-order chi connectivity index (χ0) is 14.0. The fraction of sp³-hybridized carbons (Fsp3) is 0.357. The van der Waals surface area contributed by atoms with Crippen molar-refractivity contribution in [3.8, 4) is 0 Å². The van der Waals surface area contributed by atoms with Gasteiger partial charge in [-0.25, -0.2) is 0 Å². The smallest absolute Gasteiger partial charge is 0.0860 e. The molecule has 2 aromatic rings. The summed E-state index contributed by atoms with van der Waals surface area (Å²) in [5, 5.41) is 8.53. The van der Waals surface area contributed by atoms with Gasteiger partial charge in [0.05, 0.1) is 16.4 Å². The molecule has 102 valence electrons. The first-order valence-corrected chi connectivity index (χ1v) is 7.33. The fourth-order valence-corrected chi connectivity index (χ4v) is 2.48. The van der Waals surface area contributed by atoms with Gasteiger partial charge in [0.2, 0.25) is 0 Å². The van der Waals surface area contributed by atoms with Crippen LogP contribution < -0.4 is 5.32 Å². The highest BCUT2D eigenvalue weighted by Gasteiger charge is 2.12. The van der Waals surface area contributed by atoms with Crippen LogP contribution in [0.2, 0.25) is 5.02 Å². The molecule has 1 heterocycles. The summed E-state index contributed by atoms with van der Waals surface area (Å²) in [5.41, 5.74) is 3.14. The molecule has 0 aliphatic carbocycles. The highest BCUT2D eigenvalue weighted by molar-refractivity contribution is 9.10. The lowest BCUT2D eigenvalue weighted by Crippen LogP contribution is -2.20. The van der Waals surface area contributed by atoms with E-state index in [1.54, 1.807) is 0 Å². The summed E-state index contributed by atoms with van der Waals surface area (Å²) < 4.78 is 2.92. The second-order valence-corrected chi connectivity index (χ2v) is 5.92. The van der Waals surface area contributed by atoms with Crippen molar-refractivity contribution in [1.29, 1.82) is 0 Å². The summed E-state index contributed by atoms with van der Waals surface area (Å²) >= 11 is 9.68. The minimum Gasteiger partial charge on any atom is -0.305 e. The van der Waals surface area contributed by atoms with Gasteiger partial charge in [-0.3, -0.25) is 4.68 Å². The van der Waals surface area contributed by atoms with E-state index in [4.69, 9.17) is 11.6 Å². The molecule has 0 fully saturated rings. The summed E-state index contributed by atoms with van der Waals surface area (Å²) in [5.74, 6) is 0. The van der Waals surface area contributed by atoms with Crippen LogP contribution in [-0.2, 0) is 13.6 Å². The van der Waals surface area contributed by atoms with E-state index in [0.29, 0.717) is 6.54 Å². The van der Waals surface area contributed by atoms with Gasteiger partial charge in [-0.05, 0) is 31.5 Å². The zero-order valence-electron chi connectivity index (χ0n) is 11.2. The molecule has 0 aliphatic rings. The first kappa shape index (κ1) is 14.6. The van der Waals surface area contributed by atoms with Crippen molar-refractivity contribution < 1.29 is 0 Å². The normalized spacial score (nSPS) is 12.7. The van der Waals surface area contributed by atoms with Gasteiger partial charge in [0, 0.05) is 24.1 Å². The standard InChI is InChI=1S/C14H17BrClN3/c1-9(11-4-6-12(15)7-5-11)17-8-13-14(16)10(2)18-19(13)3/h4-7,9,17H,8H2,1-3H3/t9-/m0/s1. The van der Waals surface area contributed by atoms with E-state index in [0.717, 1.165) is 20.9 Å². The van der Waals surface area contributed by atoms with Gasteiger partial charge < -0.3 is 5.32 Å². The van der Waals surface area contributed by atoms with Crippen molar-refractivity contribution in [2.45, 2.75) is 26.4 Å². The Labute approximate surface area is 127 Å². The second kappa shape index (κ2) is 6.07. The number of rotatable bonds is 4. The summed E-state index contributed by atoms with van der Waals surface area (Å²) in [7, 11) is 1.92. The number of halogens is 2. The molecule has 0 saturated carbocycles. The molecule has 1 atom stereocenters. The van der Waals surface area contributed by atoms with Crippen molar-refractivity contribution in [3.05, 3.63) is 50.7 Å². The molecular formula is C14H17BrClN3. The third-order valence-corrected chi connectivity index (χ3v) is 4.23. The number of benzene rings is 1. The average molecular weight is 343 g/mol. The molecule has 0 aliphatic heterocycles. The Morgan fingerprint density at radius 1 is 1.37 bits per heavy atom. The van der Waals surface area contributed by atoms with Crippen LogP contribution in [0.3, 0.4) is 0 Å². The SMILES string of the molecule is Cc1nn(C)c(CN[C@@H](C)c2ccc(Br)cc2)c1Cl. The van der Waals surface area contributed by atoms with E-state index in [-0.39, 0.29) is 6.04 Å². The Balaban J connectivity index is 2.04. The van der Waals surface area contributed by atoms with Gasteiger partial charge in [0.1, 0.15) is 0 Å². The molecule has 2 rings (SSSR count). The maximum atomic E-state index is 6.23. The van der Waals surface area contributed by atoms with E-state index in [9.17, 15) is 0 Å². The number of aromatic nitrogens is 2. The molecule has 1 N–H and O–H groups in total. The van der Waals surface area contributed by atoms with Gasteiger partial charge in [-0.15, -0.1) is 0 Å². The molecule has 0 unspecified atom stereocenters. The minimum atomic E-state index is 0.263. The second-order valence-electron chi connectivity index (χ2n) is 4.62. The monoisotopic (exact) mass is 341 g/mol. The van der Waals surface area contributed by atoms with Crippen LogP contribution in [0.15, 0.2) is 28.7 Å². The number of aryl methyl sites for hydroxylation is 2. The molecule has 0 spiro atoms. The molecule has 1 aromatic heterocycles. The van der Waals surface area contributed by atoms with Crippen molar-refractivity contribution in [1.82, 2.24) is 15.1 Å². The average Bonchev–Trinajstić information content (AvgIpc) is 2.62. The molecule has 1 aromatic carbocycles. The van der Waals surface area contributed by atoms with Crippen LogP contribution in [0.1, 0.15) is 29.9 Å². The molecule has 0 radical (unpaired) electrons. The maximum Gasteiger partial charge on any atom is 0.0860 e. The minimum absolute atomic E-state index is 0.263. The molecule has 0 saturated heterocycles. The molecule has 0 amide bonds. The van der Waals surface area contributed by atoms with Crippen LogP contribution in [0, 0.1) is 6.92 Å². The van der Waals surface area contributed by atoms with Gasteiger partial charge in [-0.2, -0.15) is 5.10 Å². The molecule has 19 heavy (non-hydrogen) atoms. The number of nitrogens with one attached hydrogen (secondary N) is 1. The van der Waals surface area contributed by atoms with Gasteiger partial charge in [-0.1, -0.05) is 39.7 Å².